The van der Waals surface area contributed by atoms with Gasteiger partial charge in [-0.2, -0.15) is 15.1 Å². The molecule has 0 amide bonds. The number of benzene rings is 2. The molecule has 0 bridgehead atoms. The number of aromatic nitrogens is 4. The lowest BCUT2D eigenvalue weighted by molar-refractivity contribution is 0.194. The quantitative estimate of drug-likeness (QED) is 0.150. The van der Waals surface area contributed by atoms with Crippen LogP contribution in [0.15, 0.2) is 59.6 Å². The average molecular weight is 594 g/mol. The van der Waals surface area contributed by atoms with E-state index in [1.165, 1.54) is 12.1 Å². The first-order valence-corrected chi connectivity index (χ1v) is 15.3. The summed E-state index contributed by atoms with van der Waals surface area (Å²) in [5.41, 5.74) is 20.3. The molecule has 6 rings (SSSR count). The number of H-pyrrole nitrogens is 1. The highest BCUT2D eigenvalue weighted by molar-refractivity contribution is 7.92. The molecule has 0 unspecified atom stereocenters. The molecule has 0 spiro atoms. The Morgan fingerprint density at radius 1 is 0.952 bits per heavy atom. The number of β-amino-alcohol motifs (C(OH)–C–C–N with tert-alkyl or cyclic N) is 1. The summed E-state index contributed by atoms with van der Waals surface area (Å²) in [6, 6.07) is 13.1. The van der Waals surface area contributed by atoms with E-state index in [1.807, 2.05) is 15.9 Å². The van der Waals surface area contributed by atoms with Crippen molar-refractivity contribution in [2.75, 3.05) is 46.0 Å². The van der Waals surface area contributed by atoms with Gasteiger partial charge in [0.1, 0.15) is 11.6 Å². The van der Waals surface area contributed by atoms with Gasteiger partial charge in [-0.15, -0.1) is 0 Å². The Labute approximate surface area is 243 Å². The molecular weight excluding hydrogens is 558 g/mol. The minimum Gasteiger partial charge on any atom is -0.391 e. The fourth-order valence-electron chi connectivity index (χ4n) is 5.61. The lowest BCUT2D eigenvalue weighted by Gasteiger charge is -2.36. The number of aromatic amines is 1. The van der Waals surface area contributed by atoms with Gasteiger partial charge in [-0.1, -0.05) is 0 Å². The van der Waals surface area contributed by atoms with Gasteiger partial charge in [-0.3, -0.25) is 9.82 Å². The number of anilines is 5. The molecule has 0 radical (unpaired) electrons. The predicted molar refractivity (Wildman–Crippen MR) is 162 cm³/mol. The fourth-order valence-corrected chi connectivity index (χ4v) is 6.66. The molecule has 15 heteroatoms. The van der Waals surface area contributed by atoms with Crippen LogP contribution >= 0.6 is 0 Å². The van der Waals surface area contributed by atoms with E-state index < -0.39 is 16.1 Å². The zero-order valence-corrected chi connectivity index (χ0v) is 23.7. The van der Waals surface area contributed by atoms with Gasteiger partial charge < -0.3 is 37.4 Å². The van der Waals surface area contributed by atoms with Crippen molar-refractivity contribution in [2.45, 2.75) is 42.0 Å². The maximum Gasteiger partial charge on any atom is 0.261 e. The number of sulfonamides is 1. The number of aliphatic hydroxyl groups is 1. The lowest BCUT2D eigenvalue weighted by atomic mass is 10.0. The first kappa shape index (κ1) is 28.1. The second kappa shape index (κ2) is 11.3. The highest BCUT2D eigenvalue weighted by Gasteiger charge is 2.32. The number of nitrogens with two attached hydrogens (primary N) is 3. The molecule has 2 aliphatic rings. The van der Waals surface area contributed by atoms with Crippen LogP contribution < -0.4 is 37.0 Å². The fraction of sp³-hybridized carbons (Fsp3) is 0.370. The van der Waals surface area contributed by atoms with E-state index in [0.717, 1.165) is 17.3 Å². The molecule has 4 heterocycles. The molecule has 2 aliphatic heterocycles. The van der Waals surface area contributed by atoms with Gasteiger partial charge in [0.2, 0.25) is 5.95 Å². The summed E-state index contributed by atoms with van der Waals surface area (Å²) in [5.74, 6) is 1.59. The Morgan fingerprint density at radius 3 is 2.40 bits per heavy atom. The van der Waals surface area contributed by atoms with E-state index in [0.29, 0.717) is 61.6 Å². The van der Waals surface area contributed by atoms with E-state index in [9.17, 15) is 13.5 Å². The standard InChI is InChI=1S/C27H35N11O3S/c28-11-21-9-22(39)15-38(21)26-10-25(37-13-17(29)7-18(30)14-37)33-27(34-26)32-19-3-5-23(6-4-19)42(40,41)36-20-2-1-16-12-31-35-24(16)8-20/h1-6,8,10,12,17-18,21-22,36,39H,7,9,11,13-15,28-30H2,(H,31,35)(H,32,33,34)/t17-,18+,21-,22+/m0/s1. The molecule has 4 aromatic rings. The number of aliphatic hydroxyl groups excluding tert-OH is 1. The van der Waals surface area contributed by atoms with Crippen LogP contribution in [0.5, 0.6) is 0 Å². The monoisotopic (exact) mass is 593 g/mol. The second-order valence-corrected chi connectivity index (χ2v) is 12.6. The SMILES string of the molecule is NC[C@@H]1C[C@@H](O)CN1c1cc(N2C[C@H](N)C[C@H](N)C2)nc(Nc2ccc(S(=O)(=O)Nc3ccc4cn[nH]c4c3)cc2)n1. The highest BCUT2D eigenvalue weighted by Crippen LogP contribution is 2.30. The zero-order valence-electron chi connectivity index (χ0n) is 22.9. The molecule has 222 valence electrons. The van der Waals surface area contributed by atoms with Gasteiger partial charge in [0.15, 0.2) is 0 Å². The van der Waals surface area contributed by atoms with E-state index in [2.05, 4.69) is 20.2 Å². The number of hydrogen-bond acceptors (Lipinski definition) is 12. The zero-order chi connectivity index (χ0) is 29.4. The Balaban J connectivity index is 1.25. The van der Waals surface area contributed by atoms with Crippen molar-refractivity contribution >= 4 is 49.9 Å². The van der Waals surface area contributed by atoms with Crippen LogP contribution in [0.4, 0.5) is 29.0 Å². The van der Waals surface area contributed by atoms with Crippen LogP contribution in [0, 0.1) is 0 Å². The van der Waals surface area contributed by atoms with E-state index >= 15 is 0 Å². The van der Waals surface area contributed by atoms with E-state index in [-0.39, 0.29) is 23.0 Å². The summed E-state index contributed by atoms with van der Waals surface area (Å²) in [7, 11) is -3.83. The van der Waals surface area contributed by atoms with Crippen LogP contribution in [0.1, 0.15) is 12.8 Å². The summed E-state index contributed by atoms with van der Waals surface area (Å²) in [6.07, 6.45) is 2.45. The highest BCUT2D eigenvalue weighted by atomic mass is 32.2. The molecule has 10 N–H and O–H groups in total. The van der Waals surface area contributed by atoms with Crippen LogP contribution in [0.25, 0.3) is 10.9 Å². The topological polar surface area (TPSA) is 217 Å². The molecule has 4 atom stereocenters. The molecule has 14 nitrogen and oxygen atoms in total. The predicted octanol–water partition coefficient (Wildman–Crippen LogP) is 0.660. The molecule has 2 fully saturated rings. The molecule has 0 saturated carbocycles. The third kappa shape index (κ3) is 5.96. The van der Waals surface area contributed by atoms with Gasteiger partial charge >= 0.3 is 0 Å². The first-order chi connectivity index (χ1) is 20.2. The average Bonchev–Trinajstić information content (AvgIpc) is 3.58. The third-order valence-electron chi connectivity index (χ3n) is 7.61. The summed E-state index contributed by atoms with van der Waals surface area (Å²) < 4.78 is 28.7. The van der Waals surface area contributed by atoms with Crippen molar-refractivity contribution in [2.24, 2.45) is 17.2 Å². The number of fused-ring (bicyclic) bond motifs is 1. The van der Waals surface area contributed by atoms with E-state index in [1.54, 1.807) is 36.5 Å². The van der Waals surface area contributed by atoms with Crippen molar-refractivity contribution in [3.63, 3.8) is 0 Å². The largest absolute Gasteiger partial charge is 0.391 e. The van der Waals surface area contributed by atoms with Crippen molar-refractivity contribution in [3.8, 4) is 0 Å². The molecule has 2 aromatic carbocycles. The smallest absolute Gasteiger partial charge is 0.261 e. The number of rotatable bonds is 8. The third-order valence-corrected chi connectivity index (χ3v) is 9.01. The molecule has 42 heavy (non-hydrogen) atoms. The number of piperidine rings is 1. The normalized spacial score (nSPS) is 23.0. The maximum atomic E-state index is 13.1. The molecule has 2 saturated heterocycles. The van der Waals surface area contributed by atoms with Gasteiger partial charge in [0.25, 0.3) is 10.0 Å². The van der Waals surface area contributed by atoms with Crippen LogP contribution in [0.3, 0.4) is 0 Å². The first-order valence-electron chi connectivity index (χ1n) is 13.8. The summed E-state index contributed by atoms with van der Waals surface area (Å²) in [4.78, 5) is 13.6. The maximum absolute atomic E-state index is 13.1. The molecule has 0 aliphatic carbocycles. The van der Waals surface area contributed by atoms with Crippen molar-refractivity contribution in [1.82, 2.24) is 20.2 Å². The molecular formula is C27H35N11O3S. The van der Waals surface area contributed by atoms with Crippen LogP contribution in [0.2, 0.25) is 0 Å². The van der Waals surface area contributed by atoms with E-state index in [4.69, 9.17) is 27.2 Å². The van der Waals surface area contributed by atoms with Gasteiger partial charge in [-0.25, -0.2) is 8.42 Å². The summed E-state index contributed by atoms with van der Waals surface area (Å²) in [6.45, 7) is 1.97. The van der Waals surface area contributed by atoms with Crippen LogP contribution in [-0.4, -0.2) is 84.1 Å². The van der Waals surface area contributed by atoms with Gasteiger partial charge in [-0.05, 0) is 55.3 Å². The van der Waals surface area contributed by atoms with Crippen LogP contribution in [-0.2, 0) is 10.0 Å². The van der Waals surface area contributed by atoms with Crippen molar-refractivity contribution in [1.29, 1.82) is 0 Å². The summed E-state index contributed by atoms with van der Waals surface area (Å²) >= 11 is 0. The van der Waals surface area contributed by atoms with Crippen molar-refractivity contribution < 1.29 is 13.5 Å². The Kier molecular flexibility index (Phi) is 7.59. The molecule has 2 aromatic heterocycles. The lowest BCUT2D eigenvalue weighted by Crippen LogP contribution is -2.52. The minimum atomic E-state index is -3.83. The Hall–Kier alpha value is -4.02. The van der Waals surface area contributed by atoms with Gasteiger partial charge in [0.05, 0.1) is 28.4 Å². The number of nitrogens with zero attached hydrogens (tertiary/aromatic N) is 5. The van der Waals surface area contributed by atoms with Crippen molar-refractivity contribution in [3.05, 3.63) is 54.7 Å². The Bertz CT molecular complexity index is 1650. The Morgan fingerprint density at radius 2 is 1.67 bits per heavy atom. The number of nitrogens with one attached hydrogen (secondary N) is 3. The van der Waals surface area contributed by atoms with Gasteiger partial charge in [0, 0.05) is 61.4 Å². The second-order valence-electron chi connectivity index (χ2n) is 10.9. The minimum absolute atomic E-state index is 0.0626. The summed E-state index contributed by atoms with van der Waals surface area (Å²) in [5, 5.41) is 21.2. The number of hydrogen-bond donors (Lipinski definition) is 7.